The van der Waals surface area contributed by atoms with Crippen LogP contribution in [0.1, 0.15) is 12.0 Å². The number of hydrogen-bond acceptors (Lipinski definition) is 6. The third-order valence-electron chi connectivity index (χ3n) is 2.89. The molecule has 116 valence electrons. The molecule has 1 amide bonds. The normalized spacial score (nSPS) is 16.5. The third kappa shape index (κ3) is 3.88. The van der Waals surface area contributed by atoms with E-state index in [0.717, 1.165) is 21.8 Å². The summed E-state index contributed by atoms with van der Waals surface area (Å²) < 4.78 is 6.28. The van der Waals surface area contributed by atoms with Gasteiger partial charge in [-0.15, -0.1) is 0 Å². The molecule has 1 aliphatic rings. The smallest absolute Gasteiger partial charge is 0.266 e. The van der Waals surface area contributed by atoms with E-state index in [2.05, 4.69) is 15.9 Å². The second kappa shape index (κ2) is 7.26. The quantitative estimate of drug-likeness (QED) is 0.554. The lowest BCUT2D eigenvalue weighted by Gasteiger charge is -2.14. The number of carboxylic acid groups (broad SMARTS) is 1. The Morgan fingerprint density at radius 3 is 2.86 bits per heavy atom. The predicted molar refractivity (Wildman–Crippen MR) is 90.2 cm³/mol. The number of carbonyl (C=O) groups is 2. The Hall–Kier alpha value is -1.38. The Morgan fingerprint density at radius 1 is 1.55 bits per heavy atom. The standard InChI is InChI=1S/C14H12BrNO4S2/c1-20-10-3-2-8(6-9(10)15)7-11-13(19)16(14(21)22-11)5-4-12(17)18/h2-3,6-7H,4-5H2,1H3,(H,17,18)/p-1. The summed E-state index contributed by atoms with van der Waals surface area (Å²) in [6.07, 6.45) is 1.47. The van der Waals surface area contributed by atoms with Crippen LogP contribution in [0.2, 0.25) is 0 Å². The van der Waals surface area contributed by atoms with E-state index in [1.165, 1.54) is 4.90 Å². The van der Waals surface area contributed by atoms with Gasteiger partial charge in [0.25, 0.3) is 5.91 Å². The number of amides is 1. The van der Waals surface area contributed by atoms with Crippen LogP contribution >= 0.6 is 39.9 Å². The average molecular weight is 401 g/mol. The maximum atomic E-state index is 12.2. The topological polar surface area (TPSA) is 69.7 Å². The van der Waals surface area contributed by atoms with Gasteiger partial charge in [0.15, 0.2) is 0 Å². The van der Waals surface area contributed by atoms with Crippen molar-refractivity contribution >= 4 is 62.2 Å². The van der Waals surface area contributed by atoms with Crippen LogP contribution in [-0.2, 0) is 9.59 Å². The minimum absolute atomic E-state index is 0.0245. The molecule has 1 aromatic carbocycles. The highest BCUT2D eigenvalue weighted by Gasteiger charge is 2.31. The summed E-state index contributed by atoms with van der Waals surface area (Å²) in [5, 5.41) is 10.5. The minimum atomic E-state index is -1.21. The average Bonchev–Trinajstić information content (AvgIpc) is 2.71. The number of aliphatic carboxylic acids is 1. The number of thioether (sulfide) groups is 1. The fourth-order valence-electron chi connectivity index (χ4n) is 1.82. The lowest BCUT2D eigenvalue weighted by atomic mass is 10.2. The van der Waals surface area contributed by atoms with E-state index in [4.69, 9.17) is 17.0 Å². The van der Waals surface area contributed by atoms with Gasteiger partial charge in [0.1, 0.15) is 10.1 Å². The molecule has 1 fully saturated rings. The van der Waals surface area contributed by atoms with Gasteiger partial charge < -0.3 is 14.6 Å². The zero-order chi connectivity index (χ0) is 16.3. The molecule has 0 N–H and O–H groups in total. The van der Waals surface area contributed by atoms with E-state index in [0.29, 0.717) is 15.0 Å². The lowest BCUT2D eigenvalue weighted by Crippen LogP contribution is -2.33. The van der Waals surface area contributed by atoms with Gasteiger partial charge in [0, 0.05) is 18.9 Å². The second-order valence-electron chi connectivity index (χ2n) is 4.35. The van der Waals surface area contributed by atoms with Crippen LogP contribution in [0.4, 0.5) is 0 Å². The van der Waals surface area contributed by atoms with Crippen molar-refractivity contribution in [2.24, 2.45) is 0 Å². The third-order valence-corrected chi connectivity index (χ3v) is 4.88. The maximum Gasteiger partial charge on any atom is 0.266 e. The minimum Gasteiger partial charge on any atom is -0.550 e. The summed E-state index contributed by atoms with van der Waals surface area (Å²) in [7, 11) is 1.57. The first-order valence-corrected chi connectivity index (χ1v) is 8.23. The zero-order valence-electron chi connectivity index (χ0n) is 11.5. The lowest BCUT2D eigenvalue weighted by molar-refractivity contribution is -0.305. The number of halogens is 1. The Labute approximate surface area is 145 Å². The number of methoxy groups -OCH3 is 1. The van der Waals surface area contributed by atoms with Gasteiger partial charge in [-0.2, -0.15) is 0 Å². The summed E-state index contributed by atoms with van der Waals surface area (Å²) >= 11 is 9.65. The van der Waals surface area contributed by atoms with Crippen LogP contribution in [0.15, 0.2) is 27.6 Å². The highest BCUT2D eigenvalue weighted by molar-refractivity contribution is 9.10. The van der Waals surface area contributed by atoms with Crippen molar-refractivity contribution in [3.63, 3.8) is 0 Å². The van der Waals surface area contributed by atoms with E-state index in [-0.39, 0.29) is 18.9 Å². The van der Waals surface area contributed by atoms with Crippen LogP contribution in [0.5, 0.6) is 5.75 Å². The summed E-state index contributed by atoms with van der Waals surface area (Å²) in [6.45, 7) is 0.0245. The molecule has 0 saturated carbocycles. The number of nitrogens with zero attached hydrogens (tertiary/aromatic N) is 1. The number of benzene rings is 1. The van der Waals surface area contributed by atoms with E-state index in [9.17, 15) is 14.7 Å². The number of carboxylic acids is 1. The predicted octanol–water partition coefficient (Wildman–Crippen LogP) is 1.80. The molecular formula is C14H11BrNO4S2-. The van der Waals surface area contributed by atoms with Crippen molar-refractivity contribution in [3.05, 3.63) is 33.1 Å². The van der Waals surface area contributed by atoms with Crippen molar-refractivity contribution in [3.8, 4) is 5.75 Å². The molecule has 0 bridgehead atoms. The van der Waals surface area contributed by atoms with Gasteiger partial charge in [0.05, 0.1) is 16.5 Å². The molecule has 5 nitrogen and oxygen atoms in total. The molecule has 22 heavy (non-hydrogen) atoms. The number of rotatable bonds is 5. The fourth-order valence-corrected chi connectivity index (χ4v) is 3.69. The van der Waals surface area contributed by atoms with E-state index in [1.807, 2.05) is 12.1 Å². The van der Waals surface area contributed by atoms with Gasteiger partial charge in [-0.05, 0) is 39.7 Å². The molecule has 0 atom stereocenters. The molecule has 1 aromatic rings. The van der Waals surface area contributed by atoms with Crippen molar-refractivity contribution < 1.29 is 19.4 Å². The molecule has 0 spiro atoms. The maximum absolute atomic E-state index is 12.2. The van der Waals surface area contributed by atoms with Gasteiger partial charge >= 0.3 is 0 Å². The first kappa shape index (κ1) is 17.0. The Bertz CT molecular complexity index is 675. The molecule has 0 aromatic heterocycles. The number of thiocarbonyl (C=S) groups is 1. The molecule has 1 aliphatic heterocycles. The van der Waals surface area contributed by atoms with Crippen LogP contribution in [0.3, 0.4) is 0 Å². The molecule has 0 unspecified atom stereocenters. The summed E-state index contributed by atoms with van der Waals surface area (Å²) in [4.78, 5) is 24.5. The van der Waals surface area contributed by atoms with Gasteiger partial charge in [-0.1, -0.05) is 30.0 Å². The van der Waals surface area contributed by atoms with Crippen molar-refractivity contribution in [1.29, 1.82) is 0 Å². The number of carbonyl (C=O) groups excluding carboxylic acids is 2. The highest BCUT2D eigenvalue weighted by Crippen LogP contribution is 2.34. The highest BCUT2D eigenvalue weighted by atomic mass is 79.9. The Kier molecular flexibility index (Phi) is 5.60. The molecule has 1 heterocycles. The van der Waals surface area contributed by atoms with Crippen molar-refractivity contribution in [1.82, 2.24) is 4.90 Å². The van der Waals surface area contributed by atoms with E-state index in [1.54, 1.807) is 19.3 Å². The summed E-state index contributed by atoms with van der Waals surface area (Å²) in [6, 6.07) is 5.43. The fraction of sp³-hybridized carbons (Fsp3) is 0.214. The molecule has 8 heteroatoms. The van der Waals surface area contributed by atoms with E-state index < -0.39 is 5.97 Å². The van der Waals surface area contributed by atoms with Gasteiger partial charge in [0.2, 0.25) is 0 Å². The number of ether oxygens (including phenoxy) is 1. The summed E-state index contributed by atoms with van der Waals surface area (Å²) in [5.41, 5.74) is 0.813. The SMILES string of the molecule is COc1ccc(C=C2SC(=S)N(CCC(=O)[O-])C2=O)cc1Br. The van der Waals surface area contributed by atoms with Gasteiger partial charge in [-0.3, -0.25) is 9.69 Å². The molecule has 0 aliphatic carbocycles. The summed E-state index contributed by atoms with van der Waals surface area (Å²) in [5.74, 6) is -0.807. The molecule has 0 radical (unpaired) electrons. The zero-order valence-corrected chi connectivity index (χ0v) is 14.7. The van der Waals surface area contributed by atoms with E-state index >= 15 is 0 Å². The van der Waals surface area contributed by atoms with Crippen LogP contribution in [0.25, 0.3) is 6.08 Å². The Morgan fingerprint density at radius 2 is 2.27 bits per heavy atom. The first-order valence-electron chi connectivity index (χ1n) is 6.21. The number of hydrogen-bond donors (Lipinski definition) is 0. The molecule has 2 rings (SSSR count). The largest absolute Gasteiger partial charge is 0.550 e. The van der Waals surface area contributed by atoms with Gasteiger partial charge in [-0.25, -0.2) is 0 Å². The second-order valence-corrected chi connectivity index (χ2v) is 6.88. The molecular weight excluding hydrogens is 390 g/mol. The van der Waals surface area contributed by atoms with Crippen LogP contribution in [-0.4, -0.2) is 34.8 Å². The van der Waals surface area contributed by atoms with Crippen molar-refractivity contribution in [2.75, 3.05) is 13.7 Å². The Balaban J connectivity index is 2.19. The first-order chi connectivity index (χ1) is 10.4. The van der Waals surface area contributed by atoms with Crippen molar-refractivity contribution in [2.45, 2.75) is 6.42 Å². The molecule has 1 saturated heterocycles. The monoisotopic (exact) mass is 400 g/mol. The van der Waals surface area contributed by atoms with Crippen LogP contribution in [0, 0.1) is 0 Å². The van der Waals surface area contributed by atoms with Crippen LogP contribution < -0.4 is 9.84 Å².